The molecule has 10 heteroatoms. The van der Waals surface area contributed by atoms with Crippen LogP contribution in [0.4, 0.5) is 18.9 Å². The molecule has 0 spiro atoms. The van der Waals surface area contributed by atoms with Gasteiger partial charge in [0.15, 0.2) is 0 Å². The van der Waals surface area contributed by atoms with Crippen LogP contribution in [0, 0.1) is 0 Å². The highest BCUT2D eigenvalue weighted by Crippen LogP contribution is 2.32. The summed E-state index contributed by atoms with van der Waals surface area (Å²) in [6.07, 6.45) is -3.96. The maximum atomic E-state index is 13.1. The van der Waals surface area contributed by atoms with Crippen molar-refractivity contribution in [1.82, 2.24) is 14.9 Å². The first-order valence-electron chi connectivity index (χ1n) is 9.43. The predicted octanol–water partition coefficient (Wildman–Crippen LogP) is 2.84. The summed E-state index contributed by atoms with van der Waals surface area (Å²) in [6.45, 7) is 0. The van der Waals surface area contributed by atoms with Gasteiger partial charge in [-0.25, -0.2) is 4.98 Å². The van der Waals surface area contributed by atoms with Gasteiger partial charge in [-0.1, -0.05) is 18.2 Å². The zero-order valence-corrected chi connectivity index (χ0v) is 16.3. The van der Waals surface area contributed by atoms with E-state index in [0.29, 0.717) is 6.42 Å². The average Bonchev–Trinajstić information content (AvgIpc) is 3.17. The number of benzene rings is 2. The largest absolute Gasteiger partial charge is 0.416 e. The molecule has 1 aliphatic heterocycles. The van der Waals surface area contributed by atoms with Gasteiger partial charge in [-0.2, -0.15) is 13.2 Å². The highest BCUT2D eigenvalue weighted by molar-refractivity contribution is 6.04. The molecule has 2 amide bonds. The Morgan fingerprint density at radius 2 is 1.94 bits per heavy atom. The van der Waals surface area contributed by atoms with Crippen LogP contribution in [0.5, 0.6) is 0 Å². The lowest BCUT2D eigenvalue weighted by Crippen LogP contribution is -2.37. The number of anilines is 1. The van der Waals surface area contributed by atoms with E-state index in [2.05, 4.69) is 15.6 Å². The van der Waals surface area contributed by atoms with Gasteiger partial charge in [0.1, 0.15) is 17.4 Å². The van der Waals surface area contributed by atoms with Gasteiger partial charge in [0.05, 0.1) is 16.6 Å². The minimum atomic E-state index is -4.55. The molecule has 0 saturated carbocycles. The summed E-state index contributed by atoms with van der Waals surface area (Å²) in [5.74, 6) is -0.655. The van der Waals surface area contributed by atoms with E-state index in [-0.39, 0.29) is 40.3 Å². The van der Waals surface area contributed by atoms with Crippen LogP contribution in [0.1, 0.15) is 18.4 Å². The van der Waals surface area contributed by atoms with Crippen molar-refractivity contribution in [3.8, 4) is 11.4 Å². The number of nitrogens with zero attached hydrogens (tertiary/aromatic N) is 2. The highest BCUT2D eigenvalue weighted by Gasteiger charge is 2.31. The Balaban J connectivity index is 1.81. The minimum absolute atomic E-state index is 0.0273. The van der Waals surface area contributed by atoms with Gasteiger partial charge in [-0.05, 0) is 30.7 Å². The number of halogens is 3. The van der Waals surface area contributed by atoms with Crippen molar-refractivity contribution in [3.05, 3.63) is 58.4 Å². The molecule has 1 aliphatic rings. The van der Waals surface area contributed by atoms with Crippen molar-refractivity contribution >= 4 is 28.4 Å². The number of carbonyl (C=O) groups is 2. The van der Waals surface area contributed by atoms with Crippen LogP contribution in [-0.4, -0.2) is 27.4 Å². The fourth-order valence-corrected chi connectivity index (χ4v) is 3.52. The van der Waals surface area contributed by atoms with Crippen molar-refractivity contribution in [2.75, 3.05) is 5.32 Å². The molecule has 0 aliphatic carbocycles. The minimum Gasteiger partial charge on any atom is -0.344 e. The summed E-state index contributed by atoms with van der Waals surface area (Å²) in [4.78, 5) is 41.2. The third-order valence-electron chi connectivity index (χ3n) is 5.12. The van der Waals surface area contributed by atoms with Crippen molar-refractivity contribution in [2.45, 2.75) is 25.1 Å². The third kappa shape index (κ3) is 3.88. The smallest absolute Gasteiger partial charge is 0.344 e. The quantitative estimate of drug-likeness (QED) is 0.668. The molecule has 1 atom stereocenters. The Labute approximate surface area is 173 Å². The van der Waals surface area contributed by atoms with E-state index in [1.807, 2.05) is 0 Å². The Hall–Kier alpha value is -3.69. The first kappa shape index (κ1) is 20.6. The molecule has 0 radical (unpaired) electrons. The van der Waals surface area contributed by atoms with Crippen molar-refractivity contribution in [2.24, 2.45) is 7.05 Å². The van der Waals surface area contributed by atoms with E-state index in [4.69, 9.17) is 0 Å². The number of alkyl halides is 3. The molecule has 7 nitrogen and oxygen atoms in total. The van der Waals surface area contributed by atoms with E-state index in [1.54, 1.807) is 12.1 Å². The van der Waals surface area contributed by atoms with E-state index >= 15 is 0 Å². The Bertz CT molecular complexity index is 1270. The van der Waals surface area contributed by atoms with Crippen molar-refractivity contribution in [3.63, 3.8) is 0 Å². The lowest BCUT2D eigenvalue weighted by molar-refractivity contribution is -0.137. The summed E-state index contributed by atoms with van der Waals surface area (Å²) in [5.41, 5.74) is -0.841. The number of carbonyl (C=O) groups excluding carboxylic acids is 2. The van der Waals surface area contributed by atoms with Gasteiger partial charge in [-0.3, -0.25) is 19.0 Å². The van der Waals surface area contributed by atoms with Crippen LogP contribution in [-0.2, 0) is 22.8 Å². The fourth-order valence-electron chi connectivity index (χ4n) is 3.52. The molecule has 3 aromatic rings. The highest BCUT2D eigenvalue weighted by atomic mass is 19.4. The molecule has 1 saturated heterocycles. The normalized spacial score (nSPS) is 16.4. The zero-order chi connectivity index (χ0) is 22.3. The van der Waals surface area contributed by atoms with E-state index < -0.39 is 29.2 Å². The Morgan fingerprint density at radius 3 is 2.61 bits per heavy atom. The summed E-state index contributed by atoms with van der Waals surface area (Å²) in [5, 5.41) is 5.42. The van der Waals surface area contributed by atoms with Crippen LogP contribution >= 0.6 is 0 Å². The second-order valence-electron chi connectivity index (χ2n) is 7.23. The number of para-hydroxylation sites is 1. The van der Waals surface area contributed by atoms with Gasteiger partial charge in [0, 0.05) is 19.0 Å². The number of aromatic nitrogens is 2. The van der Waals surface area contributed by atoms with Gasteiger partial charge >= 0.3 is 6.18 Å². The maximum Gasteiger partial charge on any atom is 0.416 e. The van der Waals surface area contributed by atoms with E-state index in [1.165, 1.54) is 29.8 Å². The van der Waals surface area contributed by atoms with E-state index in [9.17, 15) is 27.6 Å². The average molecular weight is 430 g/mol. The van der Waals surface area contributed by atoms with Crippen LogP contribution in [0.25, 0.3) is 22.3 Å². The van der Waals surface area contributed by atoms with Crippen LogP contribution in [0.3, 0.4) is 0 Å². The van der Waals surface area contributed by atoms with Crippen LogP contribution in [0.2, 0.25) is 0 Å². The summed E-state index contributed by atoms with van der Waals surface area (Å²) >= 11 is 0. The molecular formula is C21H17F3N4O3. The van der Waals surface area contributed by atoms with Crippen molar-refractivity contribution in [1.29, 1.82) is 0 Å². The molecule has 1 aromatic heterocycles. The topological polar surface area (TPSA) is 93.1 Å². The number of rotatable bonds is 3. The molecule has 2 N–H and O–H groups in total. The van der Waals surface area contributed by atoms with Crippen LogP contribution < -0.4 is 16.2 Å². The zero-order valence-electron chi connectivity index (χ0n) is 16.3. The fraction of sp³-hybridized carbons (Fsp3) is 0.238. The molecule has 31 heavy (non-hydrogen) atoms. The molecule has 4 rings (SSSR count). The number of amides is 2. The van der Waals surface area contributed by atoms with Gasteiger partial charge < -0.3 is 10.6 Å². The molecule has 2 heterocycles. The molecule has 1 unspecified atom stereocenters. The predicted molar refractivity (Wildman–Crippen MR) is 107 cm³/mol. The van der Waals surface area contributed by atoms with Gasteiger partial charge in [-0.15, -0.1) is 0 Å². The second-order valence-corrected chi connectivity index (χ2v) is 7.23. The summed E-state index contributed by atoms with van der Waals surface area (Å²) in [6, 6.07) is 8.46. The van der Waals surface area contributed by atoms with Gasteiger partial charge in [0.25, 0.3) is 5.56 Å². The SMILES string of the molecule is Cn1c(-c2cccc(C(F)(F)F)c2)nc2c(NC(=O)C3CCC(=O)N3)cccc2c1=O. The number of hydrogen-bond acceptors (Lipinski definition) is 4. The lowest BCUT2D eigenvalue weighted by atomic mass is 10.1. The first-order chi connectivity index (χ1) is 14.6. The maximum absolute atomic E-state index is 13.1. The summed E-state index contributed by atoms with van der Waals surface area (Å²) < 4.78 is 40.6. The molecular weight excluding hydrogens is 413 g/mol. The monoisotopic (exact) mass is 430 g/mol. The third-order valence-corrected chi connectivity index (χ3v) is 5.12. The van der Waals surface area contributed by atoms with E-state index in [0.717, 1.165) is 12.1 Å². The lowest BCUT2D eigenvalue weighted by Gasteiger charge is -2.15. The van der Waals surface area contributed by atoms with Crippen molar-refractivity contribution < 1.29 is 22.8 Å². The van der Waals surface area contributed by atoms with Gasteiger partial charge in [0.2, 0.25) is 11.8 Å². The molecule has 0 bridgehead atoms. The second kappa shape index (κ2) is 7.53. The van der Waals surface area contributed by atoms with Crippen LogP contribution in [0.15, 0.2) is 47.3 Å². The standard InChI is InChI=1S/C21H17F3N4O3/c1-28-18(11-4-2-5-12(10-11)21(22,23)24)27-17-13(20(28)31)6-3-7-14(17)26-19(30)15-8-9-16(29)25-15/h2-7,10,15H,8-9H2,1H3,(H,25,29)(H,26,30). The number of hydrogen-bond donors (Lipinski definition) is 2. The molecule has 160 valence electrons. The Kier molecular flexibility index (Phi) is 5.00. The summed E-state index contributed by atoms with van der Waals surface area (Å²) in [7, 11) is 1.42. The molecule has 2 aromatic carbocycles. The molecule has 1 fully saturated rings. The number of nitrogens with one attached hydrogen (secondary N) is 2. The first-order valence-corrected chi connectivity index (χ1v) is 9.43. The number of fused-ring (bicyclic) bond motifs is 1. The Morgan fingerprint density at radius 1 is 1.19 bits per heavy atom.